The SMILES string of the molecule is CN1CS(=O)c2cc(CCCN3CCOCC3)ccc21. The van der Waals surface area contributed by atoms with E-state index >= 15 is 0 Å². The maximum absolute atomic E-state index is 12.0. The van der Waals surface area contributed by atoms with Crippen molar-refractivity contribution >= 4 is 16.5 Å². The maximum Gasteiger partial charge on any atom is 0.0982 e. The van der Waals surface area contributed by atoms with Crippen LogP contribution in [0.5, 0.6) is 0 Å². The van der Waals surface area contributed by atoms with E-state index in [4.69, 9.17) is 4.74 Å². The minimum atomic E-state index is -0.849. The molecule has 0 aromatic heterocycles. The van der Waals surface area contributed by atoms with Gasteiger partial charge in [-0.1, -0.05) is 6.07 Å². The summed E-state index contributed by atoms with van der Waals surface area (Å²) in [5.41, 5.74) is 2.43. The Morgan fingerprint density at radius 3 is 2.90 bits per heavy atom. The van der Waals surface area contributed by atoms with Crippen LogP contribution in [-0.2, 0) is 22.0 Å². The number of aryl methyl sites for hydroxylation is 1. The van der Waals surface area contributed by atoms with Crippen LogP contribution < -0.4 is 4.90 Å². The fourth-order valence-electron chi connectivity index (χ4n) is 2.86. The number of nitrogens with zero attached hydrogens (tertiary/aromatic N) is 2. The molecule has 5 heteroatoms. The van der Waals surface area contributed by atoms with Crippen LogP contribution in [-0.4, -0.2) is 54.9 Å². The molecule has 20 heavy (non-hydrogen) atoms. The predicted molar refractivity (Wildman–Crippen MR) is 81.7 cm³/mol. The van der Waals surface area contributed by atoms with Gasteiger partial charge < -0.3 is 9.64 Å². The molecule has 1 aromatic rings. The molecule has 0 spiro atoms. The molecule has 0 saturated carbocycles. The van der Waals surface area contributed by atoms with Crippen LogP contribution in [0.4, 0.5) is 5.69 Å². The standard InChI is InChI=1S/C15H22N2O2S/c1-16-12-20(18)15-11-13(4-5-14(15)16)3-2-6-17-7-9-19-10-8-17/h4-5,11H,2-3,6-10,12H2,1H3. The number of hydrogen-bond donors (Lipinski definition) is 0. The first kappa shape index (κ1) is 14.0. The van der Waals surface area contributed by atoms with Crippen molar-refractivity contribution in [3.05, 3.63) is 23.8 Å². The first-order valence-electron chi connectivity index (χ1n) is 7.26. The van der Waals surface area contributed by atoms with E-state index in [-0.39, 0.29) is 0 Å². The summed E-state index contributed by atoms with van der Waals surface area (Å²) in [6.07, 6.45) is 2.22. The second kappa shape index (κ2) is 6.24. The number of rotatable bonds is 4. The predicted octanol–water partition coefficient (Wildman–Crippen LogP) is 1.47. The lowest BCUT2D eigenvalue weighted by atomic mass is 10.1. The van der Waals surface area contributed by atoms with Crippen LogP contribution in [0.15, 0.2) is 23.1 Å². The van der Waals surface area contributed by atoms with E-state index in [1.807, 2.05) is 7.05 Å². The lowest BCUT2D eigenvalue weighted by Crippen LogP contribution is -2.36. The molecule has 4 nitrogen and oxygen atoms in total. The summed E-state index contributed by atoms with van der Waals surface area (Å²) in [5.74, 6) is 0.632. The second-order valence-corrected chi connectivity index (χ2v) is 6.92. The van der Waals surface area contributed by atoms with Crippen LogP contribution in [0.1, 0.15) is 12.0 Å². The Morgan fingerprint density at radius 2 is 2.10 bits per heavy atom. The van der Waals surface area contributed by atoms with Gasteiger partial charge in [-0.3, -0.25) is 9.11 Å². The Labute approximate surface area is 123 Å². The van der Waals surface area contributed by atoms with E-state index in [2.05, 4.69) is 28.0 Å². The number of fused-ring (bicyclic) bond motifs is 1. The Balaban J connectivity index is 1.56. The van der Waals surface area contributed by atoms with E-state index in [0.717, 1.165) is 56.3 Å². The van der Waals surface area contributed by atoms with Crippen LogP contribution in [0.25, 0.3) is 0 Å². The van der Waals surface area contributed by atoms with E-state index < -0.39 is 10.8 Å². The minimum absolute atomic E-state index is 0.632. The molecule has 0 radical (unpaired) electrons. The lowest BCUT2D eigenvalue weighted by Gasteiger charge is -2.26. The van der Waals surface area contributed by atoms with Crippen molar-refractivity contribution < 1.29 is 8.95 Å². The van der Waals surface area contributed by atoms with E-state index in [1.165, 1.54) is 5.56 Å². The van der Waals surface area contributed by atoms with Crippen molar-refractivity contribution in [2.45, 2.75) is 17.7 Å². The van der Waals surface area contributed by atoms with Crippen molar-refractivity contribution in [1.82, 2.24) is 4.90 Å². The van der Waals surface area contributed by atoms with Gasteiger partial charge in [0.05, 0.1) is 40.5 Å². The van der Waals surface area contributed by atoms with Crippen LogP contribution in [0.2, 0.25) is 0 Å². The fraction of sp³-hybridized carbons (Fsp3) is 0.600. The molecule has 0 amide bonds. The molecule has 2 aliphatic rings. The molecule has 0 bridgehead atoms. The molecule has 1 fully saturated rings. The largest absolute Gasteiger partial charge is 0.379 e. The monoisotopic (exact) mass is 294 g/mol. The quantitative estimate of drug-likeness (QED) is 0.842. The topological polar surface area (TPSA) is 32.8 Å². The van der Waals surface area contributed by atoms with Gasteiger partial charge >= 0.3 is 0 Å². The summed E-state index contributed by atoms with van der Waals surface area (Å²) in [4.78, 5) is 5.54. The second-order valence-electron chi connectivity index (χ2n) is 5.53. The first-order valence-corrected chi connectivity index (χ1v) is 8.58. The molecule has 1 saturated heterocycles. The van der Waals surface area contributed by atoms with Crippen LogP contribution >= 0.6 is 0 Å². The zero-order valence-electron chi connectivity index (χ0n) is 12.0. The summed E-state index contributed by atoms with van der Waals surface area (Å²) < 4.78 is 17.4. The van der Waals surface area contributed by atoms with Gasteiger partial charge in [0.15, 0.2) is 0 Å². The molecule has 1 aromatic carbocycles. The Morgan fingerprint density at radius 1 is 1.30 bits per heavy atom. The Bertz CT molecular complexity index is 501. The van der Waals surface area contributed by atoms with Crippen LogP contribution in [0, 0.1) is 0 Å². The molecule has 2 heterocycles. The normalized spacial score (nSPS) is 23.1. The minimum Gasteiger partial charge on any atom is -0.379 e. The van der Waals surface area contributed by atoms with Gasteiger partial charge in [0.25, 0.3) is 0 Å². The van der Waals surface area contributed by atoms with Gasteiger partial charge in [-0.05, 0) is 37.1 Å². The summed E-state index contributed by atoms with van der Waals surface area (Å²) in [5, 5.41) is 0. The molecular formula is C15H22N2O2S. The molecule has 1 unspecified atom stereocenters. The van der Waals surface area contributed by atoms with Crippen molar-refractivity contribution in [2.75, 3.05) is 50.7 Å². The highest BCUT2D eigenvalue weighted by Crippen LogP contribution is 2.31. The highest BCUT2D eigenvalue weighted by atomic mass is 32.2. The Kier molecular flexibility index (Phi) is 4.38. The fourth-order valence-corrected chi connectivity index (χ4v) is 4.23. The average Bonchev–Trinajstić information content (AvgIpc) is 2.75. The lowest BCUT2D eigenvalue weighted by molar-refractivity contribution is 0.0374. The summed E-state index contributed by atoms with van der Waals surface area (Å²) >= 11 is 0. The zero-order valence-corrected chi connectivity index (χ0v) is 12.8. The summed E-state index contributed by atoms with van der Waals surface area (Å²) in [6, 6.07) is 6.43. The highest BCUT2D eigenvalue weighted by molar-refractivity contribution is 7.85. The number of ether oxygens (including phenoxy) is 1. The average molecular weight is 294 g/mol. The zero-order chi connectivity index (χ0) is 13.9. The molecule has 3 rings (SSSR count). The van der Waals surface area contributed by atoms with Gasteiger partial charge in [-0.25, -0.2) is 0 Å². The third-order valence-corrected chi connectivity index (χ3v) is 5.47. The molecule has 2 aliphatic heterocycles. The number of morpholine rings is 1. The molecule has 0 aliphatic carbocycles. The highest BCUT2D eigenvalue weighted by Gasteiger charge is 2.22. The third-order valence-electron chi connectivity index (χ3n) is 4.04. The van der Waals surface area contributed by atoms with Crippen molar-refractivity contribution in [2.24, 2.45) is 0 Å². The van der Waals surface area contributed by atoms with Gasteiger partial charge in [0.2, 0.25) is 0 Å². The van der Waals surface area contributed by atoms with Crippen molar-refractivity contribution in [3.8, 4) is 0 Å². The van der Waals surface area contributed by atoms with Gasteiger partial charge in [-0.2, -0.15) is 0 Å². The van der Waals surface area contributed by atoms with E-state index in [9.17, 15) is 4.21 Å². The summed E-state index contributed by atoms with van der Waals surface area (Å²) in [7, 11) is 1.15. The molecule has 110 valence electrons. The first-order chi connectivity index (χ1) is 9.74. The molecule has 0 N–H and O–H groups in total. The van der Waals surface area contributed by atoms with E-state index in [1.54, 1.807) is 0 Å². The molecule has 1 atom stereocenters. The number of anilines is 1. The van der Waals surface area contributed by atoms with Crippen molar-refractivity contribution in [1.29, 1.82) is 0 Å². The third kappa shape index (κ3) is 3.05. The number of benzene rings is 1. The van der Waals surface area contributed by atoms with Gasteiger partial charge in [0, 0.05) is 20.1 Å². The summed E-state index contributed by atoms with van der Waals surface area (Å²) in [6.45, 7) is 4.97. The van der Waals surface area contributed by atoms with Gasteiger partial charge in [0.1, 0.15) is 0 Å². The molecular weight excluding hydrogens is 272 g/mol. The number of hydrogen-bond acceptors (Lipinski definition) is 4. The Hall–Kier alpha value is -0.910. The van der Waals surface area contributed by atoms with Crippen LogP contribution in [0.3, 0.4) is 0 Å². The smallest absolute Gasteiger partial charge is 0.0982 e. The van der Waals surface area contributed by atoms with E-state index in [0.29, 0.717) is 5.88 Å². The van der Waals surface area contributed by atoms with Crippen molar-refractivity contribution in [3.63, 3.8) is 0 Å². The van der Waals surface area contributed by atoms with Gasteiger partial charge in [-0.15, -0.1) is 0 Å². The maximum atomic E-state index is 12.0.